The molecule has 0 fully saturated rings. The zero-order valence-corrected chi connectivity index (χ0v) is 9.43. The van der Waals surface area contributed by atoms with Crippen molar-refractivity contribution in [3.8, 4) is 11.5 Å². The molecule has 0 aliphatic carbocycles. The minimum absolute atomic E-state index is 0.0694. The molecule has 1 aromatic carbocycles. The summed E-state index contributed by atoms with van der Waals surface area (Å²) in [5, 5.41) is 11.6. The Morgan fingerprint density at radius 3 is 2.83 bits per heavy atom. The Labute approximate surface area is 103 Å². The largest absolute Gasteiger partial charge is 0.481 e. The van der Waals surface area contributed by atoms with Crippen LogP contribution in [0.25, 0.3) is 0 Å². The predicted molar refractivity (Wildman–Crippen MR) is 60.8 cm³/mol. The van der Waals surface area contributed by atoms with Crippen LogP contribution in [0.4, 0.5) is 5.69 Å². The molecule has 0 spiro atoms. The number of benzene rings is 1. The SMILES string of the molecule is O=C(O)CC1CC(=O)Nc2cc3c(cc21)OCO3. The highest BCUT2D eigenvalue weighted by Gasteiger charge is 2.29. The molecule has 1 amide bonds. The molecule has 3 rings (SSSR count). The van der Waals surface area contributed by atoms with Crippen molar-refractivity contribution in [3.05, 3.63) is 17.7 Å². The number of carbonyl (C=O) groups excluding carboxylic acids is 1. The number of rotatable bonds is 2. The predicted octanol–water partition coefficient (Wildman–Crippen LogP) is 1.32. The van der Waals surface area contributed by atoms with Gasteiger partial charge in [-0.15, -0.1) is 0 Å². The lowest BCUT2D eigenvalue weighted by Crippen LogP contribution is -2.24. The van der Waals surface area contributed by atoms with Crippen LogP contribution < -0.4 is 14.8 Å². The average Bonchev–Trinajstić information content (AvgIpc) is 2.72. The van der Waals surface area contributed by atoms with E-state index in [2.05, 4.69) is 5.32 Å². The van der Waals surface area contributed by atoms with Crippen molar-refractivity contribution in [2.75, 3.05) is 12.1 Å². The van der Waals surface area contributed by atoms with E-state index in [0.717, 1.165) is 5.56 Å². The average molecular weight is 249 g/mol. The first kappa shape index (κ1) is 10.9. The van der Waals surface area contributed by atoms with Crippen molar-refractivity contribution in [3.63, 3.8) is 0 Å². The normalized spacial score (nSPS) is 20.2. The molecule has 94 valence electrons. The van der Waals surface area contributed by atoms with Crippen molar-refractivity contribution >= 4 is 17.6 Å². The maximum absolute atomic E-state index is 11.5. The van der Waals surface area contributed by atoms with Crippen LogP contribution in [0.5, 0.6) is 11.5 Å². The standard InChI is InChI=1S/C12H11NO5/c14-11-1-6(2-12(15)16)7-3-9-10(18-5-17-9)4-8(7)13-11/h3-4,6H,1-2,5H2,(H,13,14)(H,15,16). The Morgan fingerprint density at radius 2 is 2.11 bits per heavy atom. The fourth-order valence-corrected chi connectivity index (χ4v) is 2.33. The number of hydrogen-bond acceptors (Lipinski definition) is 4. The number of aliphatic carboxylic acids is 1. The molecular formula is C12H11NO5. The number of carboxylic acid groups (broad SMARTS) is 1. The summed E-state index contributed by atoms with van der Waals surface area (Å²) >= 11 is 0. The van der Waals surface area contributed by atoms with Crippen LogP contribution in [0.15, 0.2) is 12.1 Å². The molecule has 2 heterocycles. The molecule has 2 aliphatic rings. The Bertz CT molecular complexity index is 540. The molecule has 1 atom stereocenters. The number of carbonyl (C=O) groups is 2. The van der Waals surface area contributed by atoms with E-state index in [1.165, 1.54) is 0 Å². The first-order valence-corrected chi connectivity index (χ1v) is 5.58. The van der Waals surface area contributed by atoms with Crippen molar-refractivity contribution in [2.45, 2.75) is 18.8 Å². The Hall–Kier alpha value is -2.24. The zero-order chi connectivity index (χ0) is 12.7. The van der Waals surface area contributed by atoms with Gasteiger partial charge in [0.1, 0.15) is 0 Å². The molecule has 6 heteroatoms. The van der Waals surface area contributed by atoms with E-state index in [1.807, 2.05) is 0 Å². The summed E-state index contributed by atoms with van der Waals surface area (Å²) in [6.45, 7) is 0.149. The number of hydrogen-bond donors (Lipinski definition) is 2. The van der Waals surface area contributed by atoms with E-state index in [9.17, 15) is 9.59 Å². The summed E-state index contributed by atoms with van der Waals surface area (Å²) in [6, 6.07) is 3.44. The fourth-order valence-electron chi connectivity index (χ4n) is 2.33. The van der Waals surface area contributed by atoms with Crippen molar-refractivity contribution in [1.29, 1.82) is 0 Å². The van der Waals surface area contributed by atoms with Crippen LogP contribution in [0, 0.1) is 0 Å². The Kier molecular flexibility index (Phi) is 2.36. The molecule has 1 unspecified atom stereocenters. The van der Waals surface area contributed by atoms with E-state index in [1.54, 1.807) is 12.1 Å². The van der Waals surface area contributed by atoms with Crippen molar-refractivity contribution in [2.24, 2.45) is 0 Å². The first-order valence-electron chi connectivity index (χ1n) is 5.58. The highest BCUT2D eigenvalue weighted by Crippen LogP contribution is 2.43. The van der Waals surface area contributed by atoms with Gasteiger partial charge in [-0.1, -0.05) is 0 Å². The molecule has 0 saturated carbocycles. The number of nitrogens with one attached hydrogen (secondary N) is 1. The van der Waals surface area contributed by atoms with Gasteiger partial charge in [0, 0.05) is 24.1 Å². The van der Waals surface area contributed by atoms with Crippen molar-refractivity contribution in [1.82, 2.24) is 0 Å². The fraction of sp³-hybridized carbons (Fsp3) is 0.333. The third kappa shape index (κ3) is 1.75. The lowest BCUT2D eigenvalue weighted by molar-refractivity contribution is -0.137. The van der Waals surface area contributed by atoms with Crippen molar-refractivity contribution < 1.29 is 24.2 Å². The van der Waals surface area contributed by atoms with Gasteiger partial charge < -0.3 is 19.9 Å². The van der Waals surface area contributed by atoms with E-state index in [-0.39, 0.29) is 31.5 Å². The van der Waals surface area contributed by atoms with E-state index in [0.29, 0.717) is 17.2 Å². The topological polar surface area (TPSA) is 84.9 Å². The van der Waals surface area contributed by atoms with Gasteiger partial charge >= 0.3 is 5.97 Å². The summed E-state index contributed by atoms with van der Waals surface area (Å²) < 4.78 is 10.5. The van der Waals surface area contributed by atoms with Gasteiger partial charge in [0.25, 0.3) is 0 Å². The molecule has 18 heavy (non-hydrogen) atoms. The number of carboxylic acids is 1. The maximum Gasteiger partial charge on any atom is 0.303 e. The molecule has 2 aliphatic heterocycles. The number of ether oxygens (including phenoxy) is 2. The van der Waals surface area contributed by atoms with Gasteiger partial charge in [0.2, 0.25) is 12.7 Å². The summed E-state index contributed by atoms with van der Waals surface area (Å²) in [5.41, 5.74) is 1.41. The van der Waals surface area contributed by atoms with E-state index >= 15 is 0 Å². The monoisotopic (exact) mass is 249 g/mol. The van der Waals surface area contributed by atoms with E-state index < -0.39 is 5.97 Å². The van der Waals surface area contributed by atoms with Gasteiger partial charge in [0.15, 0.2) is 11.5 Å². The molecule has 6 nitrogen and oxygen atoms in total. The van der Waals surface area contributed by atoms with Gasteiger partial charge in [0.05, 0.1) is 6.42 Å². The number of amides is 1. The smallest absolute Gasteiger partial charge is 0.303 e. The summed E-state index contributed by atoms with van der Waals surface area (Å²) in [7, 11) is 0. The quantitative estimate of drug-likeness (QED) is 0.825. The van der Waals surface area contributed by atoms with Crippen LogP contribution in [0.3, 0.4) is 0 Å². The minimum Gasteiger partial charge on any atom is -0.481 e. The Morgan fingerprint density at radius 1 is 1.39 bits per heavy atom. The Balaban J connectivity index is 2.03. The number of anilines is 1. The van der Waals surface area contributed by atoms with Crippen LogP contribution in [-0.4, -0.2) is 23.8 Å². The first-order chi connectivity index (χ1) is 8.63. The summed E-state index contributed by atoms with van der Waals surface area (Å²) in [4.78, 5) is 22.4. The second-order valence-corrected chi connectivity index (χ2v) is 4.34. The summed E-state index contributed by atoms with van der Waals surface area (Å²) in [6.07, 6.45) is 0.110. The molecule has 2 N–H and O–H groups in total. The van der Waals surface area contributed by atoms with Crippen LogP contribution in [0.2, 0.25) is 0 Å². The van der Waals surface area contributed by atoms with E-state index in [4.69, 9.17) is 14.6 Å². The zero-order valence-electron chi connectivity index (χ0n) is 9.43. The third-order valence-electron chi connectivity index (χ3n) is 3.11. The van der Waals surface area contributed by atoms with Gasteiger partial charge in [-0.25, -0.2) is 0 Å². The molecule has 0 saturated heterocycles. The third-order valence-corrected chi connectivity index (χ3v) is 3.11. The molecule has 1 aromatic rings. The minimum atomic E-state index is -0.918. The lowest BCUT2D eigenvalue weighted by Gasteiger charge is -2.24. The highest BCUT2D eigenvalue weighted by atomic mass is 16.7. The van der Waals surface area contributed by atoms with Gasteiger partial charge in [-0.3, -0.25) is 9.59 Å². The van der Waals surface area contributed by atoms with Crippen LogP contribution in [0.1, 0.15) is 24.3 Å². The van der Waals surface area contributed by atoms with Crippen LogP contribution >= 0.6 is 0 Å². The maximum atomic E-state index is 11.5. The molecule has 0 bridgehead atoms. The highest BCUT2D eigenvalue weighted by molar-refractivity contribution is 5.96. The summed E-state index contributed by atoms with van der Waals surface area (Å²) in [5.74, 6) is -0.239. The molecule has 0 aromatic heterocycles. The second kappa shape index (κ2) is 3.90. The van der Waals surface area contributed by atoms with Gasteiger partial charge in [-0.2, -0.15) is 0 Å². The number of fused-ring (bicyclic) bond motifs is 2. The lowest BCUT2D eigenvalue weighted by atomic mass is 9.87. The second-order valence-electron chi connectivity index (χ2n) is 4.34. The van der Waals surface area contributed by atoms with Gasteiger partial charge in [-0.05, 0) is 11.6 Å². The molecule has 0 radical (unpaired) electrons. The van der Waals surface area contributed by atoms with Crippen LogP contribution in [-0.2, 0) is 9.59 Å². The molecular weight excluding hydrogens is 238 g/mol.